The molecule has 23 heavy (non-hydrogen) atoms. The van der Waals surface area contributed by atoms with E-state index >= 15 is 0 Å². The van der Waals surface area contributed by atoms with E-state index in [0.29, 0.717) is 23.7 Å². The molecule has 0 aliphatic rings. The van der Waals surface area contributed by atoms with Crippen molar-refractivity contribution in [3.63, 3.8) is 0 Å². The smallest absolute Gasteiger partial charge is 0.325 e. The van der Waals surface area contributed by atoms with E-state index in [4.69, 9.17) is 4.42 Å². The van der Waals surface area contributed by atoms with Gasteiger partial charge in [0.05, 0.1) is 0 Å². The third-order valence-electron chi connectivity index (χ3n) is 3.83. The van der Waals surface area contributed by atoms with Crippen molar-refractivity contribution in [1.29, 1.82) is 0 Å². The van der Waals surface area contributed by atoms with Gasteiger partial charge in [0, 0.05) is 43.0 Å². The van der Waals surface area contributed by atoms with Crippen LogP contribution in [0, 0.1) is 20.8 Å². The summed E-state index contributed by atoms with van der Waals surface area (Å²) in [6.45, 7) is 5.80. The van der Waals surface area contributed by atoms with Gasteiger partial charge in [0.1, 0.15) is 5.52 Å². The monoisotopic (exact) mass is 314 g/mol. The van der Waals surface area contributed by atoms with E-state index in [-0.39, 0.29) is 18.0 Å². The number of rotatable bonds is 4. The molecule has 0 spiro atoms. The predicted molar refractivity (Wildman–Crippen MR) is 86.5 cm³/mol. The molecule has 0 saturated heterocycles. The maximum atomic E-state index is 12.1. The summed E-state index contributed by atoms with van der Waals surface area (Å²) >= 11 is 0. The molecule has 2 aromatic heterocycles. The zero-order chi connectivity index (χ0) is 16.6. The summed E-state index contributed by atoms with van der Waals surface area (Å²) in [5.74, 6) is 0.423. The Bertz CT molecular complexity index is 933. The molecule has 0 saturated carbocycles. The lowest BCUT2D eigenvalue weighted by atomic mass is 10.2. The number of fused-ring (bicyclic) bond motifs is 1. The first kappa shape index (κ1) is 15.1. The lowest BCUT2D eigenvalue weighted by molar-refractivity contribution is -0.116. The van der Waals surface area contributed by atoms with Gasteiger partial charge in [-0.05, 0) is 26.0 Å². The summed E-state index contributed by atoms with van der Waals surface area (Å²) in [5, 5.41) is 2.81. The summed E-state index contributed by atoms with van der Waals surface area (Å²) in [6.07, 6.45) is 0.214. The van der Waals surface area contributed by atoms with Crippen molar-refractivity contribution in [2.45, 2.75) is 33.7 Å². The fourth-order valence-corrected chi connectivity index (χ4v) is 2.50. The van der Waals surface area contributed by atoms with Crippen molar-refractivity contribution in [2.24, 2.45) is 0 Å². The predicted octanol–water partition coefficient (Wildman–Crippen LogP) is 2.27. The first-order valence-electron chi connectivity index (χ1n) is 7.37. The Morgan fingerprint density at radius 2 is 2.13 bits per heavy atom. The van der Waals surface area contributed by atoms with Gasteiger partial charge in [-0.1, -0.05) is 0 Å². The minimum Gasteiger partial charge on any atom is -0.441 e. The summed E-state index contributed by atoms with van der Waals surface area (Å²) in [4.78, 5) is 30.7. The largest absolute Gasteiger partial charge is 0.441 e. The van der Waals surface area contributed by atoms with E-state index in [9.17, 15) is 9.59 Å². The van der Waals surface area contributed by atoms with Crippen LogP contribution < -0.4 is 11.0 Å². The molecule has 120 valence electrons. The lowest BCUT2D eigenvalue weighted by Gasteiger charge is -2.06. The highest BCUT2D eigenvalue weighted by molar-refractivity contribution is 5.92. The van der Waals surface area contributed by atoms with E-state index in [0.717, 1.165) is 16.9 Å². The first-order chi connectivity index (χ1) is 10.9. The number of carbonyl (C=O) groups excluding carboxylic acids is 1. The van der Waals surface area contributed by atoms with Crippen LogP contribution in [0.1, 0.15) is 23.7 Å². The third-order valence-corrected chi connectivity index (χ3v) is 3.83. The molecule has 7 nitrogen and oxygen atoms in total. The Morgan fingerprint density at radius 1 is 1.35 bits per heavy atom. The Balaban J connectivity index is 1.67. The van der Waals surface area contributed by atoms with Gasteiger partial charge >= 0.3 is 5.69 Å². The molecule has 0 aliphatic carbocycles. The van der Waals surface area contributed by atoms with Crippen LogP contribution in [-0.2, 0) is 11.3 Å². The maximum Gasteiger partial charge on any atom is 0.325 e. The molecule has 0 atom stereocenters. The van der Waals surface area contributed by atoms with Gasteiger partial charge in [0.25, 0.3) is 0 Å². The number of carbonyl (C=O) groups is 1. The average molecular weight is 314 g/mol. The second-order valence-corrected chi connectivity index (χ2v) is 5.51. The van der Waals surface area contributed by atoms with Gasteiger partial charge in [-0.3, -0.25) is 9.36 Å². The van der Waals surface area contributed by atoms with Crippen LogP contribution in [0.3, 0.4) is 0 Å². The molecular weight excluding hydrogens is 296 g/mol. The van der Waals surface area contributed by atoms with Crippen LogP contribution in [0.25, 0.3) is 11.1 Å². The van der Waals surface area contributed by atoms with Crippen molar-refractivity contribution in [3.05, 3.63) is 46.0 Å². The highest BCUT2D eigenvalue weighted by atomic mass is 16.3. The third kappa shape index (κ3) is 3.03. The fourth-order valence-electron chi connectivity index (χ4n) is 2.50. The van der Waals surface area contributed by atoms with Crippen molar-refractivity contribution >= 4 is 22.7 Å². The number of nitrogens with zero attached hydrogens (tertiary/aromatic N) is 2. The van der Waals surface area contributed by atoms with Crippen LogP contribution in [0.5, 0.6) is 0 Å². The number of oxazole rings is 1. The zero-order valence-electron chi connectivity index (χ0n) is 13.3. The minimum absolute atomic E-state index is 0.161. The minimum atomic E-state index is -0.189. The second-order valence-electron chi connectivity index (χ2n) is 5.51. The molecule has 0 bridgehead atoms. The van der Waals surface area contributed by atoms with Crippen LogP contribution in [0.15, 0.2) is 27.4 Å². The average Bonchev–Trinajstić information content (AvgIpc) is 2.96. The van der Waals surface area contributed by atoms with E-state index in [1.54, 1.807) is 29.7 Å². The zero-order valence-corrected chi connectivity index (χ0v) is 13.3. The first-order valence-corrected chi connectivity index (χ1v) is 7.37. The quantitative estimate of drug-likeness (QED) is 0.772. The molecule has 0 fully saturated rings. The number of aromatic amines is 1. The highest BCUT2D eigenvalue weighted by Gasteiger charge is 2.10. The number of hydrogen-bond acceptors (Lipinski definition) is 4. The van der Waals surface area contributed by atoms with Crippen molar-refractivity contribution in [3.8, 4) is 0 Å². The Hall–Kier alpha value is -2.83. The molecule has 3 aromatic rings. The number of aromatic nitrogens is 3. The molecule has 1 amide bonds. The summed E-state index contributed by atoms with van der Waals surface area (Å²) in [5.41, 5.74) is 3.52. The van der Waals surface area contributed by atoms with E-state index in [1.807, 2.05) is 13.8 Å². The van der Waals surface area contributed by atoms with E-state index in [2.05, 4.69) is 15.3 Å². The summed E-state index contributed by atoms with van der Waals surface area (Å²) in [6, 6.07) is 5.32. The van der Waals surface area contributed by atoms with Gasteiger partial charge in [-0.25, -0.2) is 9.78 Å². The highest BCUT2D eigenvalue weighted by Crippen LogP contribution is 2.20. The maximum absolute atomic E-state index is 12.1. The van der Waals surface area contributed by atoms with E-state index in [1.165, 1.54) is 0 Å². The summed E-state index contributed by atoms with van der Waals surface area (Å²) < 4.78 is 7.01. The van der Waals surface area contributed by atoms with Crippen LogP contribution in [0.2, 0.25) is 0 Å². The lowest BCUT2D eigenvalue weighted by Crippen LogP contribution is -2.22. The van der Waals surface area contributed by atoms with Gasteiger partial charge in [0.15, 0.2) is 11.5 Å². The van der Waals surface area contributed by atoms with Crippen LogP contribution in [-0.4, -0.2) is 20.4 Å². The van der Waals surface area contributed by atoms with E-state index < -0.39 is 0 Å². The van der Waals surface area contributed by atoms with Crippen molar-refractivity contribution < 1.29 is 9.21 Å². The number of amides is 1. The molecule has 2 N–H and O–H groups in total. The number of anilines is 1. The number of benzene rings is 1. The topological polar surface area (TPSA) is 92.9 Å². The van der Waals surface area contributed by atoms with Crippen LogP contribution in [0.4, 0.5) is 5.69 Å². The van der Waals surface area contributed by atoms with Crippen molar-refractivity contribution in [2.75, 3.05) is 5.32 Å². The molecule has 3 rings (SSSR count). The number of H-pyrrole nitrogens is 1. The number of imidazole rings is 1. The number of nitrogens with one attached hydrogen (secondary N) is 2. The van der Waals surface area contributed by atoms with Gasteiger partial charge in [-0.15, -0.1) is 0 Å². The fraction of sp³-hybridized carbons (Fsp3) is 0.312. The standard InChI is InChI=1S/C16H18N4O3/c1-9-10(2)20(16(22)17-9)7-6-15(21)19-12-4-5-13-14(8-12)23-11(3)18-13/h4-5,8H,6-7H2,1-3H3,(H,17,22)(H,19,21). The number of aryl methyl sites for hydroxylation is 2. The van der Waals surface area contributed by atoms with Gasteiger partial charge in [0.2, 0.25) is 5.91 Å². The SMILES string of the molecule is Cc1nc2ccc(NC(=O)CCn3c(C)c(C)[nH]c3=O)cc2o1. The second kappa shape index (κ2) is 5.75. The summed E-state index contributed by atoms with van der Waals surface area (Å²) in [7, 11) is 0. The molecule has 2 heterocycles. The Labute approximate surface area is 132 Å². The molecule has 7 heteroatoms. The Morgan fingerprint density at radius 3 is 2.83 bits per heavy atom. The van der Waals surface area contributed by atoms with Gasteiger partial charge in [-0.2, -0.15) is 0 Å². The molecule has 0 aliphatic heterocycles. The van der Waals surface area contributed by atoms with Gasteiger partial charge < -0.3 is 14.7 Å². The molecular formula is C16H18N4O3. The van der Waals surface area contributed by atoms with Crippen molar-refractivity contribution in [1.82, 2.24) is 14.5 Å². The Kier molecular flexibility index (Phi) is 3.77. The molecule has 1 aromatic carbocycles. The van der Waals surface area contributed by atoms with Crippen LogP contribution >= 0.6 is 0 Å². The number of hydrogen-bond donors (Lipinski definition) is 2. The molecule has 0 radical (unpaired) electrons. The molecule has 0 unspecified atom stereocenters. The normalized spacial score (nSPS) is 11.1.